The van der Waals surface area contributed by atoms with Gasteiger partial charge in [-0.25, -0.2) is 8.42 Å². The molecular weight excluding hydrogens is 382 g/mol. The minimum Gasteiger partial charge on any atom is -0.478 e. The van der Waals surface area contributed by atoms with Gasteiger partial charge in [0.1, 0.15) is 5.75 Å². The zero-order valence-electron chi connectivity index (χ0n) is 16.4. The summed E-state index contributed by atoms with van der Waals surface area (Å²) in [6.45, 7) is 3.22. The molecule has 1 atom stereocenters. The number of hydrogen-bond donors (Lipinski definition) is 2. The minimum absolute atomic E-state index is 0.0634. The first-order valence-corrected chi connectivity index (χ1v) is 11.0. The second kappa shape index (κ2) is 8.08. The number of carbonyl (C=O) groups excluding carboxylic acids is 2. The molecule has 0 saturated heterocycles. The van der Waals surface area contributed by atoms with Gasteiger partial charge in [-0.15, -0.1) is 0 Å². The lowest BCUT2D eigenvalue weighted by Gasteiger charge is -2.27. The molecule has 3 rings (SSSR count). The van der Waals surface area contributed by atoms with E-state index >= 15 is 0 Å². The lowest BCUT2D eigenvalue weighted by atomic mass is 10.1. The highest BCUT2D eigenvalue weighted by Gasteiger charge is 2.31. The summed E-state index contributed by atoms with van der Waals surface area (Å²) in [7, 11) is -2.50. The van der Waals surface area contributed by atoms with Crippen LogP contribution in [0.1, 0.15) is 44.6 Å². The summed E-state index contributed by atoms with van der Waals surface area (Å²) in [5.41, 5.74) is 0.924. The zero-order valence-corrected chi connectivity index (χ0v) is 17.3. The molecule has 1 saturated carbocycles. The quantitative estimate of drug-likeness (QED) is 0.745. The number of fused-ring (bicyclic) bond motifs is 1. The van der Waals surface area contributed by atoms with Gasteiger partial charge in [0.15, 0.2) is 6.10 Å². The highest BCUT2D eigenvalue weighted by Crippen LogP contribution is 2.35. The van der Waals surface area contributed by atoms with Gasteiger partial charge in [0.05, 0.1) is 17.1 Å². The van der Waals surface area contributed by atoms with Crippen LogP contribution in [0.3, 0.4) is 0 Å². The topological polar surface area (TPSA) is 105 Å². The minimum atomic E-state index is -3.89. The van der Waals surface area contributed by atoms with E-state index in [1.165, 1.54) is 13.1 Å². The molecule has 9 heteroatoms. The van der Waals surface area contributed by atoms with Gasteiger partial charge in [-0.05, 0) is 37.8 Å². The fourth-order valence-corrected chi connectivity index (χ4v) is 4.97. The van der Waals surface area contributed by atoms with Crippen LogP contribution in [0.2, 0.25) is 0 Å². The summed E-state index contributed by atoms with van der Waals surface area (Å²) in [6, 6.07) is 3.14. The number of benzene rings is 1. The van der Waals surface area contributed by atoms with E-state index in [0.29, 0.717) is 23.4 Å². The molecule has 2 amide bonds. The Morgan fingerprint density at radius 1 is 1.32 bits per heavy atom. The smallest absolute Gasteiger partial charge is 0.265 e. The number of sulfonamides is 1. The predicted molar refractivity (Wildman–Crippen MR) is 105 cm³/mol. The van der Waals surface area contributed by atoms with Crippen LogP contribution < -0.4 is 15.4 Å². The molecule has 0 bridgehead atoms. The first-order valence-electron chi connectivity index (χ1n) is 9.60. The van der Waals surface area contributed by atoms with Gasteiger partial charge in [-0.1, -0.05) is 19.8 Å². The fraction of sp³-hybridized carbons (Fsp3) is 0.579. The molecule has 1 aromatic rings. The molecule has 1 aliphatic carbocycles. The summed E-state index contributed by atoms with van der Waals surface area (Å²) < 4.78 is 32.8. The molecule has 0 spiro atoms. The van der Waals surface area contributed by atoms with Crippen LogP contribution in [0, 0.1) is 6.92 Å². The van der Waals surface area contributed by atoms with E-state index in [9.17, 15) is 18.0 Å². The van der Waals surface area contributed by atoms with Crippen molar-refractivity contribution in [3.63, 3.8) is 0 Å². The summed E-state index contributed by atoms with van der Waals surface area (Å²) in [5.74, 6) is -0.228. The normalized spacial score (nSPS) is 19.9. The first kappa shape index (κ1) is 20.6. The van der Waals surface area contributed by atoms with Crippen molar-refractivity contribution >= 4 is 27.5 Å². The first-order chi connectivity index (χ1) is 13.2. The van der Waals surface area contributed by atoms with Crippen LogP contribution in [0.15, 0.2) is 17.0 Å². The lowest BCUT2D eigenvalue weighted by Crippen LogP contribution is -2.42. The molecule has 1 aromatic carbocycles. The number of nitrogens with zero attached hydrogens (tertiary/aromatic N) is 1. The number of amides is 2. The number of hydrogen-bond acceptors (Lipinski definition) is 5. The molecule has 2 aliphatic rings. The number of ether oxygens (including phenoxy) is 1. The lowest BCUT2D eigenvalue weighted by molar-refractivity contribution is -0.123. The summed E-state index contributed by atoms with van der Waals surface area (Å²) >= 11 is 0. The number of anilines is 1. The van der Waals surface area contributed by atoms with Crippen molar-refractivity contribution in [2.24, 2.45) is 0 Å². The molecule has 1 unspecified atom stereocenters. The number of nitrogens with one attached hydrogen (secondary N) is 2. The largest absolute Gasteiger partial charge is 0.478 e. The van der Waals surface area contributed by atoms with E-state index in [0.717, 1.165) is 30.0 Å². The average molecular weight is 410 g/mol. The van der Waals surface area contributed by atoms with Gasteiger partial charge in [0.2, 0.25) is 15.9 Å². The van der Waals surface area contributed by atoms with Crippen LogP contribution in [-0.2, 0) is 19.6 Å². The van der Waals surface area contributed by atoms with Crippen molar-refractivity contribution < 1.29 is 22.7 Å². The van der Waals surface area contributed by atoms with Crippen molar-refractivity contribution in [2.45, 2.75) is 63.0 Å². The third-order valence-corrected chi connectivity index (χ3v) is 7.19. The van der Waals surface area contributed by atoms with Gasteiger partial charge in [0.25, 0.3) is 5.91 Å². The Morgan fingerprint density at radius 2 is 2.00 bits per heavy atom. The number of carbonyl (C=O) groups is 2. The van der Waals surface area contributed by atoms with E-state index in [1.807, 2.05) is 6.92 Å². The SMILES string of the molecule is CCC1Oc2cc(S(=O)(=O)N(C)CC(=O)NC3CCCC3)c(C)cc2NC1=O. The maximum atomic E-state index is 13.0. The second-order valence-corrected chi connectivity index (χ2v) is 9.44. The van der Waals surface area contributed by atoms with Crippen molar-refractivity contribution in [3.05, 3.63) is 17.7 Å². The molecule has 0 radical (unpaired) electrons. The molecule has 1 heterocycles. The monoisotopic (exact) mass is 409 g/mol. The Morgan fingerprint density at radius 3 is 2.64 bits per heavy atom. The Bertz CT molecular complexity index is 878. The number of likely N-dealkylation sites (N-methyl/N-ethyl adjacent to an activating group) is 1. The third kappa shape index (κ3) is 4.15. The molecule has 1 fully saturated rings. The second-order valence-electron chi connectivity index (χ2n) is 7.43. The Labute approximate surface area is 165 Å². The van der Waals surface area contributed by atoms with Gasteiger partial charge >= 0.3 is 0 Å². The van der Waals surface area contributed by atoms with E-state index in [-0.39, 0.29) is 29.3 Å². The Kier molecular flexibility index (Phi) is 5.95. The van der Waals surface area contributed by atoms with Gasteiger partial charge in [0, 0.05) is 19.2 Å². The predicted octanol–water partition coefficient (Wildman–Crippen LogP) is 1.78. The highest BCUT2D eigenvalue weighted by molar-refractivity contribution is 7.89. The van der Waals surface area contributed by atoms with Crippen molar-refractivity contribution in [2.75, 3.05) is 18.9 Å². The summed E-state index contributed by atoms with van der Waals surface area (Å²) in [6.07, 6.45) is 3.87. The standard InChI is InChI=1S/C19H27N3O5S/c1-4-15-19(24)21-14-9-12(2)17(10-16(14)27-15)28(25,26)22(3)11-18(23)20-13-7-5-6-8-13/h9-10,13,15H,4-8,11H2,1-3H3,(H,20,23)(H,21,24). The molecule has 154 valence electrons. The fourth-order valence-electron chi connectivity index (χ4n) is 3.63. The maximum Gasteiger partial charge on any atom is 0.265 e. The molecule has 2 N–H and O–H groups in total. The van der Waals surface area contributed by atoms with Gasteiger partial charge in [-0.2, -0.15) is 4.31 Å². The Balaban J connectivity index is 1.79. The van der Waals surface area contributed by atoms with E-state index in [1.54, 1.807) is 13.0 Å². The van der Waals surface area contributed by atoms with E-state index < -0.39 is 16.1 Å². The van der Waals surface area contributed by atoms with Crippen LogP contribution in [0.5, 0.6) is 5.75 Å². The Hall–Kier alpha value is -2.13. The van der Waals surface area contributed by atoms with Crippen molar-refractivity contribution in [1.29, 1.82) is 0 Å². The van der Waals surface area contributed by atoms with E-state index in [2.05, 4.69) is 10.6 Å². The summed E-state index contributed by atoms with van der Waals surface area (Å²) in [4.78, 5) is 24.2. The molecular formula is C19H27N3O5S. The number of aryl methyl sites for hydroxylation is 1. The molecule has 1 aliphatic heterocycles. The van der Waals surface area contributed by atoms with E-state index in [4.69, 9.17) is 4.74 Å². The van der Waals surface area contributed by atoms with Crippen LogP contribution in [0.25, 0.3) is 0 Å². The van der Waals surface area contributed by atoms with Crippen molar-refractivity contribution in [1.82, 2.24) is 9.62 Å². The van der Waals surface area contributed by atoms with Gasteiger partial charge < -0.3 is 15.4 Å². The van der Waals surface area contributed by atoms with Crippen LogP contribution in [-0.4, -0.2) is 50.3 Å². The molecule has 8 nitrogen and oxygen atoms in total. The third-order valence-electron chi connectivity index (χ3n) is 5.24. The zero-order chi connectivity index (χ0) is 20.5. The number of rotatable bonds is 6. The molecule has 0 aromatic heterocycles. The van der Waals surface area contributed by atoms with Crippen LogP contribution in [0.4, 0.5) is 5.69 Å². The maximum absolute atomic E-state index is 13.0. The summed E-state index contributed by atoms with van der Waals surface area (Å²) in [5, 5.41) is 5.64. The molecule has 28 heavy (non-hydrogen) atoms. The van der Waals surface area contributed by atoms with Crippen molar-refractivity contribution in [3.8, 4) is 5.75 Å². The van der Waals surface area contributed by atoms with Gasteiger partial charge in [-0.3, -0.25) is 9.59 Å². The van der Waals surface area contributed by atoms with Crippen LogP contribution >= 0.6 is 0 Å². The highest BCUT2D eigenvalue weighted by atomic mass is 32.2. The average Bonchev–Trinajstić information content (AvgIpc) is 3.13.